The standard InChI is InChI=1S/C23H29F2N3O3S/c1-14(2)11-28(12-15(3)4)21-8-6-17(32-13-22(29)30)10-20(21)27-23(31)26-19-7-5-16(24)9-18(19)25/h5-10,14-15H,11-13H2,1-4H3,(H,29,30)(H2,26,27,31). The van der Waals surface area contributed by atoms with Gasteiger partial charge >= 0.3 is 12.0 Å². The van der Waals surface area contributed by atoms with Crippen LogP contribution >= 0.6 is 11.8 Å². The zero-order valence-corrected chi connectivity index (χ0v) is 19.4. The monoisotopic (exact) mass is 465 g/mol. The summed E-state index contributed by atoms with van der Waals surface area (Å²) < 4.78 is 27.1. The fourth-order valence-electron chi connectivity index (χ4n) is 3.15. The minimum atomic E-state index is -0.945. The molecule has 6 nitrogen and oxygen atoms in total. The summed E-state index contributed by atoms with van der Waals surface area (Å²) in [6, 6.07) is 7.58. The van der Waals surface area contributed by atoms with Gasteiger partial charge in [-0.05, 0) is 42.2 Å². The summed E-state index contributed by atoms with van der Waals surface area (Å²) >= 11 is 1.13. The molecule has 0 heterocycles. The molecule has 0 aliphatic heterocycles. The lowest BCUT2D eigenvalue weighted by Gasteiger charge is -2.30. The van der Waals surface area contributed by atoms with E-state index < -0.39 is 23.6 Å². The van der Waals surface area contributed by atoms with E-state index in [1.165, 1.54) is 0 Å². The molecule has 0 radical (unpaired) electrons. The van der Waals surface area contributed by atoms with Crippen LogP contribution in [0.2, 0.25) is 0 Å². The lowest BCUT2D eigenvalue weighted by molar-refractivity contribution is -0.133. The molecule has 0 spiro atoms. The number of hydrogen-bond donors (Lipinski definition) is 3. The second kappa shape index (κ2) is 11.7. The van der Waals surface area contributed by atoms with Gasteiger partial charge in [-0.2, -0.15) is 0 Å². The number of carboxylic acid groups (broad SMARTS) is 1. The Balaban J connectivity index is 2.34. The minimum absolute atomic E-state index is 0.118. The molecule has 0 bridgehead atoms. The Morgan fingerprint density at radius 3 is 2.16 bits per heavy atom. The first-order valence-corrected chi connectivity index (χ1v) is 11.3. The van der Waals surface area contributed by atoms with Crippen LogP contribution in [0.1, 0.15) is 27.7 Å². The van der Waals surface area contributed by atoms with Gasteiger partial charge in [-0.25, -0.2) is 13.6 Å². The average molecular weight is 466 g/mol. The summed E-state index contributed by atoms with van der Waals surface area (Å²) in [5.74, 6) is -1.95. The number of anilines is 3. The van der Waals surface area contributed by atoms with E-state index in [-0.39, 0.29) is 11.4 Å². The van der Waals surface area contributed by atoms with E-state index in [0.717, 1.165) is 42.7 Å². The van der Waals surface area contributed by atoms with Gasteiger partial charge < -0.3 is 20.6 Å². The molecule has 9 heteroatoms. The largest absolute Gasteiger partial charge is 0.481 e. The van der Waals surface area contributed by atoms with E-state index in [9.17, 15) is 18.4 Å². The van der Waals surface area contributed by atoms with E-state index >= 15 is 0 Å². The number of carboxylic acids is 1. The lowest BCUT2D eigenvalue weighted by Crippen LogP contribution is -2.32. The zero-order valence-electron chi connectivity index (χ0n) is 18.6. The van der Waals surface area contributed by atoms with Crippen LogP contribution in [0.3, 0.4) is 0 Å². The smallest absolute Gasteiger partial charge is 0.323 e. The summed E-state index contributed by atoms with van der Waals surface area (Å²) in [4.78, 5) is 26.4. The second-order valence-corrected chi connectivity index (χ2v) is 9.31. The third kappa shape index (κ3) is 8.03. The fourth-order valence-corrected chi connectivity index (χ4v) is 3.80. The van der Waals surface area contributed by atoms with Gasteiger partial charge in [-0.1, -0.05) is 27.7 Å². The first-order chi connectivity index (χ1) is 15.0. The van der Waals surface area contributed by atoms with Crippen molar-refractivity contribution in [3.8, 4) is 0 Å². The van der Waals surface area contributed by atoms with Crippen molar-refractivity contribution in [3.05, 3.63) is 48.0 Å². The van der Waals surface area contributed by atoms with Crippen LogP contribution in [0.5, 0.6) is 0 Å². The summed E-state index contributed by atoms with van der Waals surface area (Å²) in [5, 5.41) is 14.1. The molecule has 0 aromatic heterocycles. The van der Waals surface area contributed by atoms with Crippen molar-refractivity contribution in [2.45, 2.75) is 32.6 Å². The van der Waals surface area contributed by atoms with Crippen LogP contribution in [0, 0.1) is 23.5 Å². The number of hydrogen-bond acceptors (Lipinski definition) is 4. The first kappa shape index (κ1) is 25.5. The van der Waals surface area contributed by atoms with Gasteiger partial charge in [0.05, 0.1) is 22.8 Å². The maximum absolute atomic E-state index is 13.9. The van der Waals surface area contributed by atoms with Gasteiger partial charge in [0.15, 0.2) is 0 Å². The molecule has 0 aliphatic rings. The zero-order chi connectivity index (χ0) is 23.8. The van der Waals surface area contributed by atoms with Crippen LogP contribution in [0.25, 0.3) is 0 Å². The van der Waals surface area contributed by atoms with Crippen molar-refractivity contribution in [2.24, 2.45) is 11.8 Å². The average Bonchev–Trinajstić information content (AvgIpc) is 2.67. The molecule has 174 valence electrons. The molecule has 32 heavy (non-hydrogen) atoms. The molecule has 2 amide bonds. The van der Waals surface area contributed by atoms with Gasteiger partial charge in [0.25, 0.3) is 0 Å². The normalized spacial score (nSPS) is 11.0. The van der Waals surface area contributed by atoms with Crippen molar-refractivity contribution in [1.82, 2.24) is 0 Å². The highest BCUT2D eigenvalue weighted by molar-refractivity contribution is 8.00. The summed E-state index contributed by atoms with van der Waals surface area (Å²) in [7, 11) is 0. The third-order valence-electron chi connectivity index (χ3n) is 4.27. The van der Waals surface area contributed by atoms with Gasteiger partial charge in [0.1, 0.15) is 11.6 Å². The van der Waals surface area contributed by atoms with E-state index in [2.05, 4.69) is 43.2 Å². The number of halogens is 2. The van der Waals surface area contributed by atoms with Crippen molar-refractivity contribution in [3.63, 3.8) is 0 Å². The maximum Gasteiger partial charge on any atom is 0.323 e. The van der Waals surface area contributed by atoms with Gasteiger partial charge in [-0.15, -0.1) is 11.8 Å². The van der Waals surface area contributed by atoms with Crippen molar-refractivity contribution in [1.29, 1.82) is 0 Å². The number of amides is 2. The molecular weight excluding hydrogens is 436 g/mol. The number of nitrogens with one attached hydrogen (secondary N) is 2. The molecule has 0 saturated carbocycles. The highest BCUT2D eigenvalue weighted by atomic mass is 32.2. The van der Waals surface area contributed by atoms with Crippen LogP contribution in [-0.2, 0) is 4.79 Å². The summed E-state index contributed by atoms with van der Waals surface area (Å²) in [6.07, 6.45) is 0. The Morgan fingerprint density at radius 1 is 0.969 bits per heavy atom. The number of benzene rings is 2. The summed E-state index contributed by atoms with van der Waals surface area (Å²) in [5.41, 5.74) is 1.10. The van der Waals surface area contributed by atoms with Crippen LogP contribution in [0.4, 0.5) is 30.6 Å². The third-order valence-corrected chi connectivity index (χ3v) is 5.25. The first-order valence-electron chi connectivity index (χ1n) is 10.3. The summed E-state index contributed by atoms with van der Waals surface area (Å²) in [6.45, 7) is 9.90. The van der Waals surface area contributed by atoms with Crippen molar-refractivity contribution >= 4 is 40.8 Å². The molecule has 2 aromatic rings. The highest BCUT2D eigenvalue weighted by Crippen LogP contribution is 2.32. The molecule has 0 saturated heterocycles. The minimum Gasteiger partial charge on any atom is -0.481 e. The fraction of sp³-hybridized carbons (Fsp3) is 0.391. The van der Waals surface area contributed by atoms with E-state index in [4.69, 9.17) is 5.11 Å². The van der Waals surface area contributed by atoms with E-state index in [1.54, 1.807) is 6.07 Å². The predicted octanol–water partition coefficient (Wildman–Crippen LogP) is 5.90. The number of carbonyl (C=O) groups excluding carboxylic acids is 1. The molecule has 0 atom stereocenters. The Kier molecular flexibility index (Phi) is 9.31. The lowest BCUT2D eigenvalue weighted by atomic mass is 10.1. The number of thioether (sulfide) groups is 1. The predicted molar refractivity (Wildman–Crippen MR) is 126 cm³/mol. The van der Waals surface area contributed by atoms with Crippen molar-refractivity contribution < 1.29 is 23.5 Å². The Labute approximate surface area is 191 Å². The Hall–Kier alpha value is -2.81. The van der Waals surface area contributed by atoms with Crippen LogP contribution in [0.15, 0.2) is 41.3 Å². The van der Waals surface area contributed by atoms with Gasteiger partial charge in [0, 0.05) is 24.1 Å². The van der Waals surface area contributed by atoms with E-state index in [0.29, 0.717) is 28.5 Å². The highest BCUT2D eigenvalue weighted by Gasteiger charge is 2.18. The van der Waals surface area contributed by atoms with E-state index in [1.807, 2.05) is 12.1 Å². The van der Waals surface area contributed by atoms with Crippen LogP contribution in [-0.4, -0.2) is 35.9 Å². The van der Waals surface area contributed by atoms with Gasteiger partial charge in [0.2, 0.25) is 0 Å². The molecule has 2 aromatic carbocycles. The Bertz CT molecular complexity index is 944. The quantitative estimate of drug-likeness (QED) is 0.381. The SMILES string of the molecule is CC(C)CN(CC(C)C)c1ccc(SCC(=O)O)cc1NC(=O)Nc1ccc(F)cc1F. The molecular formula is C23H29F2N3O3S. The second-order valence-electron chi connectivity index (χ2n) is 8.26. The number of urea groups is 1. The van der Waals surface area contributed by atoms with Crippen molar-refractivity contribution in [2.75, 3.05) is 34.4 Å². The van der Waals surface area contributed by atoms with Crippen LogP contribution < -0.4 is 15.5 Å². The number of nitrogens with zero attached hydrogens (tertiary/aromatic N) is 1. The molecule has 0 unspecified atom stereocenters. The maximum atomic E-state index is 13.9. The number of aliphatic carboxylic acids is 1. The Morgan fingerprint density at radius 2 is 1.59 bits per heavy atom. The topological polar surface area (TPSA) is 81.7 Å². The van der Waals surface area contributed by atoms with Gasteiger partial charge in [-0.3, -0.25) is 4.79 Å². The number of rotatable bonds is 10. The molecule has 0 aliphatic carbocycles. The molecule has 0 fully saturated rings. The number of carbonyl (C=O) groups is 2. The molecule has 2 rings (SSSR count). The molecule has 3 N–H and O–H groups in total.